The zero-order valence-corrected chi connectivity index (χ0v) is 17.5. The fraction of sp³-hybridized carbons (Fsp3) is 0.273. The van der Waals surface area contributed by atoms with Crippen LogP contribution in [0, 0.1) is 0 Å². The van der Waals surface area contributed by atoms with Gasteiger partial charge in [0.15, 0.2) is 18.1 Å². The van der Waals surface area contributed by atoms with Crippen LogP contribution >= 0.6 is 11.3 Å². The molecule has 2 aromatic carbocycles. The molecule has 6 nitrogen and oxygen atoms in total. The van der Waals surface area contributed by atoms with E-state index in [2.05, 4.69) is 11.9 Å². The molecule has 29 heavy (non-hydrogen) atoms. The van der Waals surface area contributed by atoms with Crippen LogP contribution in [-0.4, -0.2) is 31.8 Å². The highest BCUT2D eigenvalue weighted by molar-refractivity contribution is 7.13. The second-order valence-electron chi connectivity index (χ2n) is 6.16. The second kappa shape index (κ2) is 9.93. The molecule has 0 N–H and O–H groups in total. The minimum absolute atomic E-state index is 0.0980. The normalized spacial score (nSPS) is 10.4. The van der Waals surface area contributed by atoms with E-state index in [1.54, 1.807) is 14.2 Å². The molecule has 0 aliphatic heterocycles. The predicted octanol–water partition coefficient (Wildman–Crippen LogP) is 4.51. The van der Waals surface area contributed by atoms with E-state index >= 15 is 0 Å². The maximum absolute atomic E-state index is 11.9. The van der Waals surface area contributed by atoms with Crippen molar-refractivity contribution in [1.29, 1.82) is 0 Å². The van der Waals surface area contributed by atoms with Gasteiger partial charge in [-0.3, -0.25) is 0 Å². The first kappa shape index (κ1) is 20.7. The van der Waals surface area contributed by atoms with Gasteiger partial charge in [0, 0.05) is 10.9 Å². The lowest BCUT2D eigenvalue weighted by atomic mass is 10.2. The molecular weight excluding hydrogens is 390 g/mol. The van der Waals surface area contributed by atoms with Gasteiger partial charge in [0.1, 0.15) is 17.4 Å². The monoisotopic (exact) mass is 413 g/mol. The Morgan fingerprint density at radius 1 is 1.03 bits per heavy atom. The van der Waals surface area contributed by atoms with E-state index in [0.717, 1.165) is 17.0 Å². The van der Waals surface area contributed by atoms with Crippen LogP contribution in [0.3, 0.4) is 0 Å². The molecule has 3 rings (SSSR count). The Labute approximate surface area is 174 Å². The number of rotatable bonds is 9. The van der Waals surface area contributed by atoms with E-state index in [4.69, 9.17) is 18.9 Å². The van der Waals surface area contributed by atoms with Crippen molar-refractivity contribution in [2.75, 3.05) is 20.8 Å². The Bertz CT molecular complexity index is 952. The van der Waals surface area contributed by atoms with E-state index in [1.807, 2.05) is 47.8 Å². The minimum Gasteiger partial charge on any atom is -0.493 e. The lowest BCUT2D eigenvalue weighted by molar-refractivity contribution is -0.147. The summed E-state index contributed by atoms with van der Waals surface area (Å²) < 4.78 is 21.3. The Morgan fingerprint density at radius 3 is 2.48 bits per heavy atom. The van der Waals surface area contributed by atoms with E-state index < -0.39 is 5.97 Å². The highest BCUT2D eigenvalue weighted by Crippen LogP contribution is 2.33. The molecule has 0 radical (unpaired) electrons. The number of nitrogens with zero attached hydrogens (tertiary/aromatic N) is 1. The van der Waals surface area contributed by atoms with Gasteiger partial charge in [-0.05, 0) is 42.3 Å². The first-order valence-corrected chi connectivity index (χ1v) is 10.0. The summed E-state index contributed by atoms with van der Waals surface area (Å²) in [7, 11) is 3.19. The molecule has 0 amide bonds. The summed E-state index contributed by atoms with van der Waals surface area (Å²) in [5, 5.41) is 2.67. The van der Waals surface area contributed by atoms with Crippen LogP contribution in [-0.2, 0) is 22.6 Å². The van der Waals surface area contributed by atoms with Gasteiger partial charge in [-0.25, -0.2) is 9.78 Å². The summed E-state index contributed by atoms with van der Waals surface area (Å²) in [6.07, 6.45) is 0.960. The summed E-state index contributed by atoms with van der Waals surface area (Å²) >= 11 is 1.47. The van der Waals surface area contributed by atoms with E-state index in [1.165, 1.54) is 16.9 Å². The van der Waals surface area contributed by atoms with E-state index in [-0.39, 0.29) is 13.2 Å². The van der Waals surface area contributed by atoms with Crippen molar-refractivity contribution in [3.63, 3.8) is 0 Å². The largest absolute Gasteiger partial charge is 0.493 e. The SMILES string of the molecule is CCc1ccc(OCC(=O)OCc2csc(-c3ccc(OC)c(OC)c3)n2)cc1. The van der Waals surface area contributed by atoms with Crippen LogP contribution in [0.2, 0.25) is 0 Å². The molecule has 0 aliphatic carbocycles. The van der Waals surface area contributed by atoms with Crippen molar-refractivity contribution in [2.45, 2.75) is 20.0 Å². The number of carbonyl (C=O) groups is 1. The van der Waals surface area contributed by atoms with Gasteiger partial charge in [0.2, 0.25) is 0 Å². The Balaban J connectivity index is 1.52. The van der Waals surface area contributed by atoms with Crippen LogP contribution < -0.4 is 14.2 Å². The zero-order valence-electron chi connectivity index (χ0n) is 16.6. The molecule has 1 heterocycles. The van der Waals surface area contributed by atoms with Crippen LogP contribution in [0.4, 0.5) is 0 Å². The lowest BCUT2D eigenvalue weighted by Gasteiger charge is -2.08. The molecule has 0 aliphatic rings. The van der Waals surface area contributed by atoms with Crippen molar-refractivity contribution in [3.05, 3.63) is 59.1 Å². The smallest absolute Gasteiger partial charge is 0.344 e. The molecule has 3 aromatic rings. The maximum Gasteiger partial charge on any atom is 0.344 e. The molecule has 152 valence electrons. The van der Waals surface area contributed by atoms with Gasteiger partial charge in [0.25, 0.3) is 0 Å². The Kier molecular flexibility index (Phi) is 7.08. The standard InChI is InChI=1S/C22H23NO5S/c1-4-15-5-8-18(9-6-15)27-13-21(24)28-12-17-14-29-22(23-17)16-7-10-19(25-2)20(11-16)26-3/h5-11,14H,4,12-13H2,1-3H3. The average Bonchev–Trinajstić information content (AvgIpc) is 3.25. The summed E-state index contributed by atoms with van der Waals surface area (Å²) in [5.41, 5.74) is 2.80. The fourth-order valence-corrected chi connectivity index (χ4v) is 3.44. The number of benzene rings is 2. The van der Waals surface area contributed by atoms with E-state index in [0.29, 0.717) is 22.9 Å². The van der Waals surface area contributed by atoms with Gasteiger partial charge >= 0.3 is 5.97 Å². The average molecular weight is 413 g/mol. The molecule has 0 spiro atoms. The number of aryl methyl sites for hydroxylation is 1. The molecular formula is C22H23NO5S. The van der Waals surface area contributed by atoms with Crippen LogP contribution in [0.5, 0.6) is 17.2 Å². The van der Waals surface area contributed by atoms with Gasteiger partial charge < -0.3 is 18.9 Å². The number of carbonyl (C=O) groups excluding carboxylic acids is 1. The Morgan fingerprint density at radius 2 is 1.79 bits per heavy atom. The molecule has 0 atom stereocenters. The van der Waals surface area contributed by atoms with Crippen LogP contribution in [0.1, 0.15) is 18.2 Å². The lowest BCUT2D eigenvalue weighted by Crippen LogP contribution is -2.14. The van der Waals surface area contributed by atoms with Crippen molar-refractivity contribution in [2.24, 2.45) is 0 Å². The van der Waals surface area contributed by atoms with Crippen molar-refractivity contribution >= 4 is 17.3 Å². The molecule has 0 saturated heterocycles. The summed E-state index contributed by atoms with van der Waals surface area (Å²) in [6, 6.07) is 13.3. The fourth-order valence-electron chi connectivity index (χ4n) is 2.63. The van der Waals surface area contributed by atoms with Crippen LogP contribution in [0.25, 0.3) is 10.6 Å². The number of methoxy groups -OCH3 is 2. The van der Waals surface area contributed by atoms with Crippen molar-refractivity contribution in [3.8, 4) is 27.8 Å². The highest BCUT2D eigenvalue weighted by Gasteiger charge is 2.11. The molecule has 0 bridgehead atoms. The number of thiazole rings is 1. The topological polar surface area (TPSA) is 66.9 Å². The molecule has 1 aromatic heterocycles. The number of ether oxygens (including phenoxy) is 4. The third-order valence-electron chi connectivity index (χ3n) is 4.25. The highest BCUT2D eigenvalue weighted by atomic mass is 32.1. The first-order valence-electron chi connectivity index (χ1n) is 9.17. The van der Waals surface area contributed by atoms with Gasteiger partial charge in [-0.2, -0.15) is 0 Å². The summed E-state index contributed by atoms with van der Waals surface area (Å²) in [4.78, 5) is 16.5. The summed E-state index contributed by atoms with van der Waals surface area (Å²) in [5.74, 6) is 1.50. The molecule has 7 heteroatoms. The first-order chi connectivity index (χ1) is 14.1. The number of esters is 1. The van der Waals surface area contributed by atoms with Crippen molar-refractivity contribution < 1.29 is 23.7 Å². The second-order valence-corrected chi connectivity index (χ2v) is 7.02. The van der Waals surface area contributed by atoms with Gasteiger partial charge in [-0.1, -0.05) is 19.1 Å². The van der Waals surface area contributed by atoms with Gasteiger partial charge in [-0.15, -0.1) is 11.3 Å². The van der Waals surface area contributed by atoms with E-state index in [9.17, 15) is 4.79 Å². The molecule has 0 unspecified atom stereocenters. The zero-order chi connectivity index (χ0) is 20.6. The third kappa shape index (κ3) is 5.48. The Hall–Kier alpha value is -3.06. The van der Waals surface area contributed by atoms with Gasteiger partial charge in [0.05, 0.1) is 19.9 Å². The van der Waals surface area contributed by atoms with Crippen LogP contribution in [0.15, 0.2) is 47.8 Å². The number of aromatic nitrogens is 1. The predicted molar refractivity (Wildman–Crippen MR) is 112 cm³/mol. The third-order valence-corrected chi connectivity index (χ3v) is 5.19. The van der Waals surface area contributed by atoms with Crippen molar-refractivity contribution in [1.82, 2.24) is 4.98 Å². The number of hydrogen-bond donors (Lipinski definition) is 0. The minimum atomic E-state index is -0.440. The molecule has 0 saturated carbocycles. The number of hydrogen-bond acceptors (Lipinski definition) is 7. The summed E-state index contributed by atoms with van der Waals surface area (Å²) in [6.45, 7) is 2.04. The quantitative estimate of drug-likeness (QED) is 0.481. The molecule has 0 fully saturated rings. The maximum atomic E-state index is 11.9.